The fourth-order valence-corrected chi connectivity index (χ4v) is 5.74. The Labute approximate surface area is 255 Å². The number of nitrogens with one attached hydrogen (secondary N) is 1. The van der Waals surface area contributed by atoms with Crippen LogP contribution in [0.1, 0.15) is 34.9 Å². The summed E-state index contributed by atoms with van der Waals surface area (Å²) in [5.41, 5.74) is 8.17. The molecule has 226 valence electrons. The van der Waals surface area contributed by atoms with Crippen molar-refractivity contribution in [1.29, 1.82) is 0 Å². The number of benzene rings is 3. The Hall–Kier alpha value is -4.97. The molecule has 0 fully saturated rings. The van der Waals surface area contributed by atoms with Crippen LogP contribution in [0, 0.1) is 27.7 Å². The number of alkyl halides is 3. The van der Waals surface area contributed by atoms with Crippen LogP contribution in [-0.2, 0) is 0 Å². The highest BCUT2D eigenvalue weighted by atomic mass is 32.1. The van der Waals surface area contributed by atoms with Gasteiger partial charge in [-0.2, -0.15) is 4.99 Å². The van der Waals surface area contributed by atoms with Crippen molar-refractivity contribution in [3.05, 3.63) is 111 Å². The van der Waals surface area contributed by atoms with Gasteiger partial charge in [-0.05, 0) is 81.7 Å². The van der Waals surface area contributed by atoms with E-state index in [2.05, 4.69) is 58.0 Å². The lowest BCUT2D eigenvalue weighted by Crippen LogP contribution is -2.24. The average molecular weight is 619 g/mol. The number of rotatable bonds is 6. The van der Waals surface area contributed by atoms with E-state index in [1.54, 1.807) is 6.92 Å². The van der Waals surface area contributed by atoms with Gasteiger partial charge in [0, 0.05) is 22.3 Å². The largest absolute Gasteiger partial charge is 0.573 e. The van der Waals surface area contributed by atoms with Crippen LogP contribution < -0.4 is 14.9 Å². The van der Waals surface area contributed by atoms with Gasteiger partial charge in [0.2, 0.25) is 0 Å². The molecule has 0 atom stereocenters. The van der Waals surface area contributed by atoms with Gasteiger partial charge in [0.25, 0.3) is 0 Å². The molecule has 0 radical (unpaired) electrons. The fraction of sp³-hybridized carbons (Fsp3) is 0.188. The van der Waals surface area contributed by atoms with Crippen molar-refractivity contribution < 1.29 is 22.7 Å². The Balaban J connectivity index is 1.27. The van der Waals surface area contributed by atoms with Crippen molar-refractivity contribution >= 4 is 23.4 Å². The lowest BCUT2D eigenvalue weighted by molar-refractivity contribution is -0.274. The Morgan fingerprint density at radius 1 is 1.00 bits per heavy atom. The van der Waals surface area contributed by atoms with Gasteiger partial charge in [0.05, 0.1) is 11.4 Å². The number of carbonyl (C=O) groups is 1. The van der Waals surface area contributed by atoms with E-state index in [4.69, 9.17) is 0 Å². The van der Waals surface area contributed by atoms with Crippen molar-refractivity contribution in [2.45, 2.75) is 41.0 Å². The number of allylic oxidation sites excluding steroid dienone is 1. The Morgan fingerprint density at radius 3 is 2.30 bits per heavy atom. The van der Waals surface area contributed by atoms with E-state index in [9.17, 15) is 18.0 Å². The fourth-order valence-electron chi connectivity index (χ4n) is 4.89. The molecule has 0 aliphatic rings. The van der Waals surface area contributed by atoms with E-state index >= 15 is 0 Å². The van der Waals surface area contributed by atoms with Gasteiger partial charge in [-0.1, -0.05) is 42.0 Å². The van der Waals surface area contributed by atoms with E-state index in [1.807, 2.05) is 47.2 Å². The summed E-state index contributed by atoms with van der Waals surface area (Å²) in [7, 11) is 0. The van der Waals surface area contributed by atoms with Crippen molar-refractivity contribution in [2.75, 3.05) is 0 Å². The minimum Gasteiger partial charge on any atom is -0.406 e. The zero-order valence-corrected chi connectivity index (χ0v) is 25.4. The smallest absolute Gasteiger partial charge is 0.406 e. The summed E-state index contributed by atoms with van der Waals surface area (Å²) >= 11 is 1.41. The molecule has 0 spiro atoms. The molecule has 0 unspecified atom stereocenters. The van der Waals surface area contributed by atoms with Gasteiger partial charge in [-0.3, -0.25) is 4.57 Å². The Bertz CT molecular complexity index is 1890. The second kappa shape index (κ2) is 12.3. The van der Waals surface area contributed by atoms with Crippen molar-refractivity contribution in [1.82, 2.24) is 24.6 Å². The van der Waals surface area contributed by atoms with Crippen LogP contribution in [0.4, 0.5) is 18.0 Å². The minimum atomic E-state index is -4.75. The third kappa shape index (κ3) is 7.14. The number of thiazole rings is 1. The summed E-state index contributed by atoms with van der Waals surface area (Å²) < 4.78 is 44.6. The predicted molar refractivity (Wildman–Crippen MR) is 164 cm³/mol. The number of aromatic nitrogens is 4. The van der Waals surface area contributed by atoms with Crippen LogP contribution in [0.3, 0.4) is 0 Å². The number of aryl methyl sites for hydroxylation is 4. The molecule has 0 saturated heterocycles. The molecule has 0 saturated carbocycles. The monoisotopic (exact) mass is 618 g/mol. The quantitative estimate of drug-likeness (QED) is 0.213. The molecule has 44 heavy (non-hydrogen) atoms. The maximum atomic E-state index is 12.9. The summed E-state index contributed by atoms with van der Waals surface area (Å²) in [5.74, 6) is 0.127. The molecule has 1 N–H and O–H groups in total. The molecule has 0 aliphatic carbocycles. The Morgan fingerprint density at radius 2 is 1.66 bits per heavy atom. The van der Waals surface area contributed by atoms with Gasteiger partial charge in [-0.15, -0.1) is 29.6 Å². The maximum absolute atomic E-state index is 12.9. The third-order valence-corrected chi connectivity index (χ3v) is 7.56. The van der Waals surface area contributed by atoms with E-state index in [-0.39, 0.29) is 5.75 Å². The number of hydrogen-bond acceptors (Lipinski definition) is 5. The van der Waals surface area contributed by atoms with Crippen LogP contribution in [0.25, 0.3) is 28.8 Å². The van der Waals surface area contributed by atoms with Gasteiger partial charge in [0.1, 0.15) is 12.1 Å². The number of amides is 2. The lowest BCUT2D eigenvalue weighted by atomic mass is 10.0. The van der Waals surface area contributed by atoms with Crippen LogP contribution in [0.2, 0.25) is 0 Å². The predicted octanol–water partition coefficient (Wildman–Crippen LogP) is 7.59. The standard InChI is InChI=1S/C32H29F3N6O2S/c1-19-14-20(2)28(21(3)15-19)41-23(5)17-44-31(41)38-30(42)37-22(4)16-24-6-8-25(9-7-24)29-36-18-40(39-29)26-10-12-27(13-11-26)43-32(33,34)35/h6-18H,1-5H3,(H,37,42)/b22-16+,38-31?. The number of hydrogen-bond donors (Lipinski definition) is 1. The van der Waals surface area contributed by atoms with Crippen molar-refractivity contribution in [2.24, 2.45) is 4.99 Å². The van der Waals surface area contributed by atoms with Crippen LogP contribution >= 0.6 is 11.3 Å². The highest BCUT2D eigenvalue weighted by molar-refractivity contribution is 7.07. The van der Waals surface area contributed by atoms with E-state index in [0.29, 0.717) is 22.0 Å². The first-order valence-corrected chi connectivity index (χ1v) is 14.4. The van der Waals surface area contributed by atoms with Crippen LogP contribution in [0.5, 0.6) is 5.75 Å². The van der Waals surface area contributed by atoms with E-state index < -0.39 is 12.4 Å². The number of urea groups is 1. The number of halogens is 3. The zero-order chi connectivity index (χ0) is 31.6. The Kier molecular flexibility index (Phi) is 8.54. The van der Waals surface area contributed by atoms with Gasteiger partial charge in [-0.25, -0.2) is 14.5 Å². The van der Waals surface area contributed by atoms with Crippen LogP contribution in [0.15, 0.2) is 83.1 Å². The second-order valence-electron chi connectivity index (χ2n) is 10.3. The first-order chi connectivity index (χ1) is 20.9. The molecule has 3 aromatic carbocycles. The van der Waals surface area contributed by atoms with Crippen molar-refractivity contribution in [3.63, 3.8) is 0 Å². The molecular formula is C32H29F3N6O2S. The molecule has 0 bridgehead atoms. The van der Waals surface area contributed by atoms with Gasteiger partial charge >= 0.3 is 12.4 Å². The first-order valence-electron chi connectivity index (χ1n) is 13.5. The first kappa shape index (κ1) is 30.5. The molecule has 2 aromatic heterocycles. The lowest BCUT2D eigenvalue weighted by Gasteiger charge is -2.14. The molecular weight excluding hydrogens is 589 g/mol. The molecule has 12 heteroatoms. The maximum Gasteiger partial charge on any atom is 0.573 e. The normalized spacial score (nSPS) is 12.5. The molecule has 2 heterocycles. The zero-order valence-electron chi connectivity index (χ0n) is 24.6. The molecule has 2 amide bonds. The summed E-state index contributed by atoms with van der Waals surface area (Å²) in [4.78, 5) is 22.1. The van der Waals surface area contributed by atoms with E-state index in [1.165, 1.54) is 52.2 Å². The van der Waals surface area contributed by atoms with Crippen LogP contribution in [-0.4, -0.2) is 31.7 Å². The highest BCUT2D eigenvalue weighted by Gasteiger charge is 2.31. The summed E-state index contributed by atoms with van der Waals surface area (Å²) in [5, 5.41) is 9.25. The molecule has 5 rings (SSSR count). The molecule has 0 aliphatic heterocycles. The number of ether oxygens (including phenoxy) is 1. The summed E-state index contributed by atoms with van der Waals surface area (Å²) in [6.45, 7) is 9.96. The summed E-state index contributed by atoms with van der Waals surface area (Å²) in [6, 6.07) is 16.5. The van der Waals surface area contributed by atoms with Crippen molar-refractivity contribution in [3.8, 4) is 28.5 Å². The second-order valence-corrected chi connectivity index (χ2v) is 11.1. The average Bonchev–Trinajstić information content (AvgIpc) is 3.56. The molecule has 5 aromatic rings. The minimum absolute atomic E-state index is 0.317. The SMILES string of the molecule is C/C(=C\c1ccc(-c2ncn(-c3ccc(OC(F)(F)F)cc3)n2)cc1)NC(=O)N=c1scc(C)n1-c1c(C)cc(C)cc1C. The summed E-state index contributed by atoms with van der Waals surface area (Å²) in [6.07, 6.45) is -1.45. The van der Waals surface area contributed by atoms with Gasteiger partial charge < -0.3 is 10.1 Å². The highest BCUT2D eigenvalue weighted by Crippen LogP contribution is 2.25. The molecule has 8 nitrogen and oxygen atoms in total. The topological polar surface area (TPSA) is 86.3 Å². The van der Waals surface area contributed by atoms with Gasteiger partial charge in [0.15, 0.2) is 10.6 Å². The number of carbonyl (C=O) groups excluding carboxylic acids is 1. The third-order valence-electron chi connectivity index (χ3n) is 6.62. The van der Waals surface area contributed by atoms with E-state index in [0.717, 1.165) is 33.6 Å². The number of nitrogens with zero attached hydrogens (tertiary/aromatic N) is 5.